The lowest BCUT2D eigenvalue weighted by Crippen LogP contribution is -2.17. The predicted molar refractivity (Wildman–Crippen MR) is 62.1 cm³/mol. The number of hydrogen-bond acceptors (Lipinski definition) is 2. The predicted octanol–water partition coefficient (Wildman–Crippen LogP) is 2.54. The van der Waals surface area contributed by atoms with Crippen LogP contribution < -0.4 is 10.5 Å². The van der Waals surface area contributed by atoms with Gasteiger partial charge in [0.15, 0.2) is 0 Å². The van der Waals surface area contributed by atoms with E-state index in [1.807, 2.05) is 12.1 Å². The zero-order valence-electron chi connectivity index (χ0n) is 9.28. The van der Waals surface area contributed by atoms with Gasteiger partial charge in [-0.2, -0.15) is 0 Å². The van der Waals surface area contributed by atoms with Gasteiger partial charge in [-0.3, -0.25) is 0 Å². The van der Waals surface area contributed by atoms with Gasteiger partial charge in [0.25, 0.3) is 0 Å². The van der Waals surface area contributed by atoms with Crippen LogP contribution in [-0.2, 0) is 0 Å². The van der Waals surface area contributed by atoms with Crippen LogP contribution >= 0.6 is 0 Å². The summed E-state index contributed by atoms with van der Waals surface area (Å²) in [5.74, 6) is 2.26. The van der Waals surface area contributed by atoms with Gasteiger partial charge in [-0.25, -0.2) is 0 Å². The van der Waals surface area contributed by atoms with Gasteiger partial charge in [0.1, 0.15) is 5.75 Å². The smallest absolute Gasteiger partial charge is 0.122 e. The van der Waals surface area contributed by atoms with E-state index in [4.69, 9.17) is 10.5 Å². The Morgan fingerprint density at radius 3 is 2.87 bits per heavy atom. The van der Waals surface area contributed by atoms with E-state index in [2.05, 4.69) is 12.1 Å². The minimum Gasteiger partial charge on any atom is -0.496 e. The summed E-state index contributed by atoms with van der Waals surface area (Å²) >= 11 is 0. The third-order valence-corrected chi connectivity index (χ3v) is 3.50. The van der Waals surface area contributed by atoms with E-state index in [1.54, 1.807) is 7.11 Å². The van der Waals surface area contributed by atoms with Crippen LogP contribution in [0.25, 0.3) is 0 Å². The average molecular weight is 205 g/mol. The third-order valence-electron chi connectivity index (χ3n) is 3.50. The third kappa shape index (κ3) is 2.00. The molecule has 15 heavy (non-hydrogen) atoms. The number of methoxy groups -OCH3 is 1. The number of para-hydroxylation sites is 1. The highest BCUT2D eigenvalue weighted by Crippen LogP contribution is 2.42. The van der Waals surface area contributed by atoms with E-state index in [-0.39, 0.29) is 0 Å². The van der Waals surface area contributed by atoms with E-state index >= 15 is 0 Å². The molecule has 0 radical (unpaired) electrons. The molecule has 1 aromatic rings. The van der Waals surface area contributed by atoms with Gasteiger partial charge in [-0.1, -0.05) is 24.6 Å². The second kappa shape index (κ2) is 4.67. The lowest BCUT2D eigenvalue weighted by atomic mass is 9.88. The van der Waals surface area contributed by atoms with Crippen LogP contribution in [0.2, 0.25) is 0 Å². The van der Waals surface area contributed by atoms with Crippen LogP contribution in [0.3, 0.4) is 0 Å². The molecule has 2 nitrogen and oxygen atoms in total. The highest BCUT2D eigenvalue weighted by atomic mass is 16.5. The van der Waals surface area contributed by atoms with Gasteiger partial charge < -0.3 is 10.5 Å². The summed E-state index contributed by atoms with van der Waals surface area (Å²) in [5.41, 5.74) is 7.15. The summed E-state index contributed by atoms with van der Waals surface area (Å²) in [6, 6.07) is 8.33. The van der Waals surface area contributed by atoms with Gasteiger partial charge in [0.2, 0.25) is 0 Å². The van der Waals surface area contributed by atoms with Crippen molar-refractivity contribution in [2.45, 2.75) is 25.2 Å². The molecule has 2 heteroatoms. The maximum Gasteiger partial charge on any atom is 0.122 e. The molecule has 1 aliphatic carbocycles. The largest absolute Gasteiger partial charge is 0.496 e. The molecule has 2 atom stereocenters. The Labute approximate surface area is 91.4 Å². The summed E-state index contributed by atoms with van der Waals surface area (Å²) in [6.07, 6.45) is 3.81. The van der Waals surface area contributed by atoms with Crippen molar-refractivity contribution in [3.05, 3.63) is 29.8 Å². The normalized spacial score (nSPS) is 25.5. The second-order valence-corrected chi connectivity index (χ2v) is 4.28. The van der Waals surface area contributed by atoms with Crippen LogP contribution in [0.4, 0.5) is 0 Å². The lowest BCUT2D eigenvalue weighted by molar-refractivity contribution is 0.396. The van der Waals surface area contributed by atoms with Crippen LogP contribution in [0, 0.1) is 5.92 Å². The van der Waals surface area contributed by atoms with Crippen molar-refractivity contribution in [1.82, 2.24) is 0 Å². The highest BCUT2D eigenvalue weighted by molar-refractivity contribution is 5.37. The molecule has 1 aliphatic rings. The fraction of sp³-hybridized carbons (Fsp3) is 0.538. The summed E-state index contributed by atoms with van der Waals surface area (Å²) in [7, 11) is 1.74. The first-order valence-electron chi connectivity index (χ1n) is 5.69. The molecule has 2 rings (SSSR count). The summed E-state index contributed by atoms with van der Waals surface area (Å²) in [4.78, 5) is 0. The van der Waals surface area contributed by atoms with E-state index in [0.717, 1.165) is 12.3 Å². The van der Waals surface area contributed by atoms with Gasteiger partial charge >= 0.3 is 0 Å². The van der Waals surface area contributed by atoms with E-state index in [9.17, 15) is 0 Å². The quantitative estimate of drug-likeness (QED) is 0.823. The molecule has 1 fully saturated rings. The van der Waals surface area contributed by atoms with Gasteiger partial charge in [-0.15, -0.1) is 0 Å². The first kappa shape index (κ1) is 10.5. The molecule has 0 aromatic heterocycles. The fourth-order valence-electron chi connectivity index (χ4n) is 2.70. The van der Waals surface area contributed by atoms with E-state index < -0.39 is 0 Å². The Kier molecular flexibility index (Phi) is 3.27. The number of benzene rings is 1. The molecule has 2 unspecified atom stereocenters. The zero-order valence-corrected chi connectivity index (χ0v) is 9.28. The Bertz CT molecular complexity index is 324. The first-order valence-corrected chi connectivity index (χ1v) is 5.69. The molecule has 2 N–H and O–H groups in total. The minimum absolute atomic E-state index is 0.603. The number of rotatable bonds is 3. The lowest BCUT2D eigenvalue weighted by Gasteiger charge is -2.20. The fourth-order valence-corrected chi connectivity index (χ4v) is 2.70. The van der Waals surface area contributed by atoms with E-state index in [1.165, 1.54) is 24.8 Å². The topological polar surface area (TPSA) is 35.2 Å². The van der Waals surface area contributed by atoms with Gasteiger partial charge in [-0.05, 0) is 42.9 Å². The second-order valence-electron chi connectivity index (χ2n) is 4.28. The van der Waals surface area contributed by atoms with Crippen LogP contribution in [0.15, 0.2) is 24.3 Å². The summed E-state index contributed by atoms with van der Waals surface area (Å²) in [5, 5.41) is 0. The molecule has 0 bridgehead atoms. The molecule has 0 amide bonds. The Balaban J connectivity index is 2.27. The number of nitrogens with two attached hydrogens (primary N) is 1. The molecule has 0 heterocycles. The maximum absolute atomic E-state index is 5.81. The van der Waals surface area contributed by atoms with Crippen molar-refractivity contribution in [1.29, 1.82) is 0 Å². The first-order chi connectivity index (χ1) is 7.36. The summed E-state index contributed by atoms with van der Waals surface area (Å²) in [6.45, 7) is 0.794. The van der Waals surface area contributed by atoms with Crippen LogP contribution in [0.1, 0.15) is 30.7 Å². The van der Waals surface area contributed by atoms with Gasteiger partial charge in [0.05, 0.1) is 7.11 Å². The van der Waals surface area contributed by atoms with Crippen LogP contribution in [-0.4, -0.2) is 13.7 Å². The number of hydrogen-bond donors (Lipinski definition) is 1. The molecule has 1 saturated carbocycles. The van der Waals surface area contributed by atoms with Gasteiger partial charge in [0, 0.05) is 0 Å². The standard InChI is InChI=1S/C13H19NO/c1-15-13-8-3-2-6-12(13)11-7-4-5-10(11)9-14/h2-3,6,8,10-11H,4-5,7,9,14H2,1H3. The molecule has 1 aromatic carbocycles. The average Bonchev–Trinajstić information content (AvgIpc) is 2.76. The van der Waals surface area contributed by atoms with Crippen molar-refractivity contribution < 1.29 is 4.74 Å². The van der Waals surface area contributed by atoms with Crippen molar-refractivity contribution >= 4 is 0 Å². The molecular weight excluding hydrogens is 186 g/mol. The summed E-state index contributed by atoms with van der Waals surface area (Å²) < 4.78 is 5.41. The molecule has 0 saturated heterocycles. The molecule has 0 aliphatic heterocycles. The van der Waals surface area contributed by atoms with Crippen molar-refractivity contribution in [3.63, 3.8) is 0 Å². The Hall–Kier alpha value is -1.02. The van der Waals surface area contributed by atoms with Crippen molar-refractivity contribution in [2.75, 3.05) is 13.7 Å². The van der Waals surface area contributed by atoms with E-state index in [0.29, 0.717) is 11.8 Å². The molecule has 82 valence electrons. The van der Waals surface area contributed by atoms with Crippen LogP contribution in [0.5, 0.6) is 5.75 Å². The molecular formula is C13H19NO. The zero-order chi connectivity index (χ0) is 10.7. The minimum atomic E-state index is 0.603. The van der Waals surface area contributed by atoms with Crippen molar-refractivity contribution in [3.8, 4) is 5.75 Å². The SMILES string of the molecule is COc1ccccc1C1CCCC1CN. The molecule has 0 spiro atoms. The highest BCUT2D eigenvalue weighted by Gasteiger charge is 2.29. The Morgan fingerprint density at radius 1 is 1.33 bits per heavy atom. The maximum atomic E-state index is 5.81. The number of ether oxygens (including phenoxy) is 1. The Morgan fingerprint density at radius 2 is 2.13 bits per heavy atom. The van der Waals surface area contributed by atoms with Crippen molar-refractivity contribution in [2.24, 2.45) is 11.7 Å². The monoisotopic (exact) mass is 205 g/mol.